The molecule has 0 aromatic heterocycles. The molecule has 3 aromatic carbocycles. The van der Waals surface area contributed by atoms with Gasteiger partial charge in [0.1, 0.15) is 12.4 Å². The van der Waals surface area contributed by atoms with E-state index in [1.54, 1.807) is 36.4 Å². The number of amidine groups is 1. The van der Waals surface area contributed by atoms with Crippen molar-refractivity contribution in [1.29, 1.82) is 0 Å². The lowest BCUT2D eigenvalue weighted by atomic mass is 10.1. The summed E-state index contributed by atoms with van der Waals surface area (Å²) in [5.74, 6) is 0.461. The van der Waals surface area contributed by atoms with Crippen LogP contribution < -0.4 is 14.8 Å². The molecule has 3 aromatic rings. The van der Waals surface area contributed by atoms with Crippen LogP contribution in [0.3, 0.4) is 0 Å². The lowest BCUT2D eigenvalue weighted by Gasteiger charge is -2.14. The maximum absolute atomic E-state index is 13.5. The molecule has 35 heavy (non-hydrogen) atoms. The molecular formula is C26H21BrClFN2O3S. The zero-order valence-electron chi connectivity index (χ0n) is 18.9. The number of aliphatic imine (C=N–C) groups is 1. The quantitative estimate of drug-likeness (QED) is 0.298. The topological polar surface area (TPSA) is 59.9 Å². The van der Waals surface area contributed by atoms with Gasteiger partial charge >= 0.3 is 0 Å². The Morgan fingerprint density at radius 2 is 1.91 bits per heavy atom. The molecule has 1 fully saturated rings. The number of benzene rings is 3. The first-order chi connectivity index (χ1) is 16.8. The van der Waals surface area contributed by atoms with Crippen molar-refractivity contribution >= 4 is 62.1 Å². The lowest BCUT2D eigenvalue weighted by Crippen LogP contribution is -2.19. The predicted molar refractivity (Wildman–Crippen MR) is 143 cm³/mol. The number of carbonyl (C=O) groups is 1. The summed E-state index contributed by atoms with van der Waals surface area (Å²) in [5.41, 5.74) is 2.98. The minimum atomic E-state index is -0.319. The van der Waals surface area contributed by atoms with E-state index in [4.69, 9.17) is 21.1 Å². The number of hydrogen-bond acceptors (Lipinski definition) is 5. The van der Waals surface area contributed by atoms with E-state index in [-0.39, 0.29) is 18.3 Å². The van der Waals surface area contributed by atoms with Crippen LogP contribution in [0.5, 0.6) is 11.5 Å². The molecule has 1 amide bonds. The summed E-state index contributed by atoms with van der Waals surface area (Å²) in [7, 11) is 0. The van der Waals surface area contributed by atoms with Crippen molar-refractivity contribution in [3.63, 3.8) is 0 Å². The van der Waals surface area contributed by atoms with E-state index in [9.17, 15) is 9.18 Å². The molecular weight excluding hydrogens is 555 g/mol. The summed E-state index contributed by atoms with van der Waals surface area (Å²) >= 11 is 11.0. The Kier molecular flexibility index (Phi) is 8.15. The van der Waals surface area contributed by atoms with E-state index < -0.39 is 0 Å². The first-order valence-electron chi connectivity index (χ1n) is 10.7. The van der Waals surface area contributed by atoms with Crippen LogP contribution in [0.2, 0.25) is 5.02 Å². The summed E-state index contributed by atoms with van der Waals surface area (Å²) in [6, 6.07) is 15.3. The van der Waals surface area contributed by atoms with Crippen LogP contribution in [-0.2, 0) is 11.4 Å². The highest BCUT2D eigenvalue weighted by Crippen LogP contribution is 2.37. The van der Waals surface area contributed by atoms with Crippen molar-refractivity contribution in [3.8, 4) is 11.5 Å². The van der Waals surface area contributed by atoms with Gasteiger partial charge in [0.15, 0.2) is 16.7 Å². The molecule has 0 spiro atoms. The summed E-state index contributed by atoms with van der Waals surface area (Å²) in [6.07, 6.45) is 1.76. The van der Waals surface area contributed by atoms with Gasteiger partial charge in [0, 0.05) is 9.50 Å². The molecule has 0 bridgehead atoms. The Morgan fingerprint density at radius 1 is 1.14 bits per heavy atom. The summed E-state index contributed by atoms with van der Waals surface area (Å²) in [4.78, 5) is 17.6. The molecule has 0 radical (unpaired) electrons. The molecule has 9 heteroatoms. The number of halogens is 3. The fourth-order valence-electron chi connectivity index (χ4n) is 3.28. The van der Waals surface area contributed by atoms with Crippen LogP contribution in [0.1, 0.15) is 23.6 Å². The molecule has 0 unspecified atom stereocenters. The number of nitrogens with one attached hydrogen (secondary N) is 1. The minimum Gasteiger partial charge on any atom is -0.490 e. The number of nitrogens with zero attached hydrogens (tertiary/aromatic N) is 1. The van der Waals surface area contributed by atoms with Gasteiger partial charge in [0.2, 0.25) is 0 Å². The number of thioether (sulfide) groups is 1. The van der Waals surface area contributed by atoms with Crippen LogP contribution in [0.15, 0.2) is 69.0 Å². The van der Waals surface area contributed by atoms with Crippen molar-refractivity contribution in [3.05, 3.63) is 91.5 Å². The van der Waals surface area contributed by atoms with Crippen LogP contribution in [0.25, 0.3) is 6.08 Å². The normalized spacial score (nSPS) is 15.5. The highest BCUT2D eigenvalue weighted by Gasteiger charge is 2.25. The molecule has 0 atom stereocenters. The van der Waals surface area contributed by atoms with Gasteiger partial charge in [-0.05, 0) is 84.8 Å². The third-order valence-electron chi connectivity index (χ3n) is 5.04. The van der Waals surface area contributed by atoms with Crippen LogP contribution >= 0.6 is 39.3 Å². The van der Waals surface area contributed by atoms with E-state index in [0.717, 1.165) is 11.1 Å². The van der Waals surface area contributed by atoms with E-state index >= 15 is 0 Å². The second-order valence-electron chi connectivity index (χ2n) is 7.54. The standard InChI is InChI=1S/C26H21BrClFN2O3S/c1-3-33-22-11-17(19(27)13-23(22)34-14-16-6-4-7-18(29)10-16)12-24-25(32)31-26(35-24)30-21-9-5-8-20(28)15(21)2/h4-13H,3,14H2,1-2H3,(H,30,31,32)/b24-12+. The van der Waals surface area contributed by atoms with Gasteiger partial charge in [-0.1, -0.05) is 45.7 Å². The molecule has 1 saturated heterocycles. The number of rotatable bonds is 7. The molecule has 1 aliphatic heterocycles. The molecule has 1 N–H and O–H groups in total. The minimum absolute atomic E-state index is 0.186. The fraction of sp³-hybridized carbons (Fsp3) is 0.154. The summed E-state index contributed by atoms with van der Waals surface area (Å²) in [6.45, 7) is 4.37. The van der Waals surface area contributed by atoms with Gasteiger partial charge in [0.25, 0.3) is 5.91 Å². The number of ether oxygens (including phenoxy) is 2. The largest absolute Gasteiger partial charge is 0.490 e. The molecule has 0 aliphatic carbocycles. The fourth-order valence-corrected chi connectivity index (χ4v) is 4.71. The predicted octanol–water partition coefficient (Wildman–Crippen LogP) is 7.42. The zero-order chi connectivity index (χ0) is 24.9. The third kappa shape index (κ3) is 6.25. The Balaban J connectivity index is 1.57. The van der Waals surface area contributed by atoms with Crippen LogP contribution in [0.4, 0.5) is 10.1 Å². The van der Waals surface area contributed by atoms with Gasteiger partial charge in [-0.25, -0.2) is 9.38 Å². The maximum atomic E-state index is 13.5. The van der Waals surface area contributed by atoms with Crippen molar-refractivity contribution in [2.75, 3.05) is 6.61 Å². The van der Waals surface area contributed by atoms with Crippen molar-refractivity contribution in [2.24, 2.45) is 4.99 Å². The highest BCUT2D eigenvalue weighted by atomic mass is 79.9. The first kappa shape index (κ1) is 25.3. The smallest absolute Gasteiger partial charge is 0.264 e. The second-order valence-corrected chi connectivity index (χ2v) is 9.83. The van der Waals surface area contributed by atoms with Crippen molar-refractivity contribution < 1.29 is 18.7 Å². The van der Waals surface area contributed by atoms with Gasteiger partial charge in [-0.2, -0.15) is 0 Å². The Labute approximate surface area is 220 Å². The molecule has 1 aliphatic rings. The molecule has 1 heterocycles. The van der Waals surface area contributed by atoms with E-state index in [1.807, 2.05) is 26.0 Å². The molecule has 5 nitrogen and oxygen atoms in total. The molecule has 4 rings (SSSR count). The van der Waals surface area contributed by atoms with Gasteiger partial charge in [-0.3, -0.25) is 4.79 Å². The van der Waals surface area contributed by atoms with Crippen LogP contribution in [0, 0.1) is 12.7 Å². The van der Waals surface area contributed by atoms with E-state index in [0.29, 0.717) is 48.9 Å². The second kappa shape index (κ2) is 11.3. The summed E-state index contributed by atoms with van der Waals surface area (Å²) < 4.78 is 25.9. The molecule has 0 saturated carbocycles. The molecule has 180 valence electrons. The summed E-state index contributed by atoms with van der Waals surface area (Å²) in [5, 5.41) is 3.88. The Hall–Kier alpha value is -2.81. The number of carbonyl (C=O) groups excluding carboxylic acids is 1. The Bertz CT molecular complexity index is 1350. The van der Waals surface area contributed by atoms with E-state index in [2.05, 4.69) is 26.2 Å². The van der Waals surface area contributed by atoms with Crippen molar-refractivity contribution in [2.45, 2.75) is 20.5 Å². The van der Waals surface area contributed by atoms with Gasteiger partial charge in [-0.15, -0.1) is 0 Å². The van der Waals surface area contributed by atoms with Crippen molar-refractivity contribution in [1.82, 2.24) is 5.32 Å². The highest BCUT2D eigenvalue weighted by molar-refractivity contribution is 9.10. The van der Waals surface area contributed by atoms with Gasteiger partial charge < -0.3 is 14.8 Å². The average molecular weight is 576 g/mol. The number of amides is 1. The lowest BCUT2D eigenvalue weighted by molar-refractivity contribution is -0.115. The van der Waals surface area contributed by atoms with E-state index in [1.165, 1.54) is 23.9 Å². The monoisotopic (exact) mass is 574 g/mol. The van der Waals surface area contributed by atoms with Gasteiger partial charge in [0.05, 0.1) is 17.2 Å². The third-order valence-corrected chi connectivity index (χ3v) is 7.05. The van der Waals surface area contributed by atoms with Crippen LogP contribution in [-0.4, -0.2) is 17.7 Å². The maximum Gasteiger partial charge on any atom is 0.264 e. The zero-order valence-corrected chi connectivity index (χ0v) is 22.1. The SMILES string of the molecule is CCOc1cc(/C=C2/SC(=Nc3cccc(Cl)c3C)NC2=O)c(Br)cc1OCc1cccc(F)c1. The first-order valence-corrected chi connectivity index (χ1v) is 12.7. The number of hydrogen-bond donors (Lipinski definition) is 1. The Morgan fingerprint density at radius 3 is 2.69 bits per heavy atom. The average Bonchev–Trinajstić information content (AvgIpc) is 3.16.